The van der Waals surface area contributed by atoms with Crippen LogP contribution in [0.15, 0.2) is 0 Å². The second-order valence-corrected chi connectivity index (χ2v) is 4.42. The molecule has 0 spiro atoms. The number of likely N-dealkylation sites (tertiary alicyclic amines) is 1. The third-order valence-electron chi connectivity index (χ3n) is 2.59. The molecule has 0 saturated carbocycles. The molecule has 0 aliphatic carbocycles. The van der Waals surface area contributed by atoms with E-state index in [2.05, 4.69) is 0 Å². The molecule has 2 N–H and O–H groups in total. The number of carbonyl (C=O) groups is 2. The van der Waals surface area contributed by atoms with Gasteiger partial charge >= 0.3 is 5.97 Å². The number of likely N-dealkylation sites (N-methyl/N-ethyl adjacent to an activating group) is 1. The van der Waals surface area contributed by atoms with Crippen LogP contribution >= 0.6 is 0 Å². The van der Waals surface area contributed by atoms with Gasteiger partial charge in [-0.3, -0.25) is 9.59 Å². The minimum atomic E-state index is -1.13. The number of aliphatic hydroxyl groups is 1. The third kappa shape index (κ3) is 3.46. The van der Waals surface area contributed by atoms with E-state index in [4.69, 9.17) is 5.11 Å². The lowest BCUT2D eigenvalue weighted by molar-refractivity contribution is -0.144. The van der Waals surface area contributed by atoms with Crippen molar-refractivity contribution in [3.05, 3.63) is 0 Å². The molecular formula is C10H18N2O4. The predicted octanol–water partition coefficient (Wildman–Crippen LogP) is -1.02. The first-order chi connectivity index (χ1) is 7.40. The number of carbonyl (C=O) groups excluding carboxylic acids is 1. The average molecular weight is 230 g/mol. The molecular weight excluding hydrogens is 212 g/mol. The maximum Gasteiger partial charge on any atom is 0.312 e. The van der Waals surface area contributed by atoms with Gasteiger partial charge < -0.3 is 20.0 Å². The number of aliphatic carboxylic acids is 1. The number of carboxylic acid groups (broad SMARTS) is 1. The zero-order valence-corrected chi connectivity index (χ0v) is 9.59. The predicted molar refractivity (Wildman–Crippen MR) is 56.9 cm³/mol. The van der Waals surface area contributed by atoms with E-state index in [1.165, 1.54) is 4.90 Å². The van der Waals surface area contributed by atoms with Crippen molar-refractivity contribution in [3.63, 3.8) is 0 Å². The average Bonchev–Trinajstić information content (AvgIpc) is 2.44. The summed E-state index contributed by atoms with van der Waals surface area (Å²) in [6, 6.07) is -0.0863. The molecule has 0 radical (unpaired) electrons. The summed E-state index contributed by atoms with van der Waals surface area (Å²) >= 11 is 0. The summed E-state index contributed by atoms with van der Waals surface area (Å²) in [5, 5.41) is 18.1. The quantitative estimate of drug-likeness (QED) is 0.604. The van der Waals surface area contributed by atoms with Crippen molar-refractivity contribution in [2.45, 2.75) is 25.0 Å². The number of hydrogen-bond donors (Lipinski definition) is 2. The second-order valence-electron chi connectivity index (χ2n) is 4.42. The molecule has 0 aromatic rings. The topological polar surface area (TPSA) is 81.1 Å². The van der Waals surface area contributed by atoms with Gasteiger partial charge in [0.2, 0.25) is 5.91 Å². The lowest BCUT2D eigenvalue weighted by Crippen LogP contribution is -2.42. The van der Waals surface area contributed by atoms with E-state index in [-0.39, 0.29) is 12.6 Å². The normalized spacial score (nSPS) is 25.1. The van der Waals surface area contributed by atoms with Crippen LogP contribution in [0.3, 0.4) is 0 Å². The van der Waals surface area contributed by atoms with Gasteiger partial charge in [-0.05, 0) is 20.5 Å². The Hall–Kier alpha value is -1.14. The van der Waals surface area contributed by atoms with Gasteiger partial charge in [0.1, 0.15) is 6.42 Å². The molecule has 2 unspecified atom stereocenters. The molecule has 2 atom stereocenters. The van der Waals surface area contributed by atoms with Crippen molar-refractivity contribution in [2.24, 2.45) is 0 Å². The zero-order chi connectivity index (χ0) is 12.3. The maximum atomic E-state index is 11.6. The zero-order valence-electron chi connectivity index (χ0n) is 9.59. The molecule has 1 heterocycles. The summed E-state index contributed by atoms with van der Waals surface area (Å²) in [6.45, 7) is 0.882. The van der Waals surface area contributed by atoms with E-state index in [1.807, 2.05) is 19.0 Å². The van der Waals surface area contributed by atoms with Crippen LogP contribution in [0, 0.1) is 0 Å². The van der Waals surface area contributed by atoms with Gasteiger partial charge in [0.05, 0.1) is 6.10 Å². The SMILES string of the molecule is CN(C)CC1CC(O)CN1C(=O)CC(=O)O. The highest BCUT2D eigenvalue weighted by Gasteiger charge is 2.34. The number of hydrogen-bond acceptors (Lipinski definition) is 4. The fourth-order valence-electron chi connectivity index (χ4n) is 2.02. The van der Waals surface area contributed by atoms with Gasteiger partial charge in [0, 0.05) is 19.1 Å². The van der Waals surface area contributed by atoms with E-state index >= 15 is 0 Å². The van der Waals surface area contributed by atoms with Gasteiger partial charge in [-0.15, -0.1) is 0 Å². The Kier molecular flexibility index (Phi) is 4.26. The molecule has 1 saturated heterocycles. The lowest BCUT2D eigenvalue weighted by Gasteiger charge is -2.26. The Balaban J connectivity index is 2.61. The van der Waals surface area contributed by atoms with Gasteiger partial charge in [-0.1, -0.05) is 0 Å². The first kappa shape index (κ1) is 12.9. The first-order valence-electron chi connectivity index (χ1n) is 5.24. The minimum absolute atomic E-state index is 0.0863. The Morgan fingerprint density at radius 3 is 2.56 bits per heavy atom. The molecule has 0 bridgehead atoms. The summed E-state index contributed by atoms with van der Waals surface area (Å²) in [5.41, 5.74) is 0. The van der Waals surface area contributed by atoms with Crippen molar-refractivity contribution in [3.8, 4) is 0 Å². The lowest BCUT2D eigenvalue weighted by atomic mass is 10.2. The van der Waals surface area contributed by atoms with Gasteiger partial charge in [-0.25, -0.2) is 0 Å². The number of carboxylic acids is 1. The highest BCUT2D eigenvalue weighted by atomic mass is 16.4. The Bertz CT molecular complexity index is 280. The van der Waals surface area contributed by atoms with Crippen LogP contribution in [-0.2, 0) is 9.59 Å². The minimum Gasteiger partial charge on any atom is -0.481 e. The van der Waals surface area contributed by atoms with Gasteiger partial charge in [-0.2, -0.15) is 0 Å². The van der Waals surface area contributed by atoms with Crippen LogP contribution in [0.25, 0.3) is 0 Å². The highest BCUT2D eigenvalue weighted by molar-refractivity contribution is 5.93. The van der Waals surface area contributed by atoms with Crippen LogP contribution in [0.1, 0.15) is 12.8 Å². The molecule has 1 rings (SSSR count). The molecule has 1 aliphatic rings. The molecule has 1 aliphatic heterocycles. The highest BCUT2D eigenvalue weighted by Crippen LogP contribution is 2.19. The number of nitrogens with zero attached hydrogens (tertiary/aromatic N) is 2. The molecule has 6 heteroatoms. The fourth-order valence-corrected chi connectivity index (χ4v) is 2.02. The smallest absolute Gasteiger partial charge is 0.312 e. The van der Waals surface area contributed by atoms with Crippen molar-refractivity contribution < 1.29 is 19.8 Å². The standard InChI is InChI=1S/C10H18N2O4/c1-11(2)5-7-3-8(13)6-12(7)9(14)4-10(15)16/h7-8,13H,3-6H2,1-2H3,(H,15,16). The van der Waals surface area contributed by atoms with E-state index < -0.39 is 24.4 Å². The molecule has 0 aromatic heterocycles. The van der Waals surface area contributed by atoms with Crippen LogP contribution in [0.4, 0.5) is 0 Å². The van der Waals surface area contributed by atoms with Crippen LogP contribution in [0.2, 0.25) is 0 Å². The van der Waals surface area contributed by atoms with Crippen molar-refractivity contribution in [1.29, 1.82) is 0 Å². The third-order valence-corrected chi connectivity index (χ3v) is 2.59. The monoisotopic (exact) mass is 230 g/mol. The molecule has 0 aromatic carbocycles. The summed E-state index contributed by atoms with van der Waals surface area (Å²) < 4.78 is 0. The van der Waals surface area contributed by atoms with E-state index in [0.717, 1.165) is 0 Å². The largest absolute Gasteiger partial charge is 0.481 e. The van der Waals surface area contributed by atoms with Crippen molar-refractivity contribution in [2.75, 3.05) is 27.2 Å². The Labute approximate surface area is 94.4 Å². The van der Waals surface area contributed by atoms with Crippen LogP contribution in [0.5, 0.6) is 0 Å². The van der Waals surface area contributed by atoms with Gasteiger partial charge in [0.15, 0.2) is 0 Å². The number of amides is 1. The number of rotatable bonds is 4. The Morgan fingerprint density at radius 2 is 2.06 bits per heavy atom. The second kappa shape index (κ2) is 5.27. The fraction of sp³-hybridized carbons (Fsp3) is 0.800. The van der Waals surface area contributed by atoms with Crippen molar-refractivity contribution in [1.82, 2.24) is 9.80 Å². The molecule has 92 valence electrons. The summed E-state index contributed by atoms with van der Waals surface area (Å²) in [4.78, 5) is 25.5. The maximum absolute atomic E-state index is 11.6. The van der Waals surface area contributed by atoms with Crippen molar-refractivity contribution >= 4 is 11.9 Å². The Morgan fingerprint density at radius 1 is 1.44 bits per heavy atom. The van der Waals surface area contributed by atoms with Crippen LogP contribution < -0.4 is 0 Å². The first-order valence-corrected chi connectivity index (χ1v) is 5.24. The number of aliphatic hydroxyl groups excluding tert-OH is 1. The van der Waals surface area contributed by atoms with E-state index in [1.54, 1.807) is 0 Å². The molecule has 16 heavy (non-hydrogen) atoms. The van der Waals surface area contributed by atoms with Gasteiger partial charge in [0.25, 0.3) is 0 Å². The molecule has 1 fully saturated rings. The summed E-state index contributed by atoms with van der Waals surface area (Å²) in [7, 11) is 3.76. The molecule has 6 nitrogen and oxygen atoms in total. The van der Waals surface area contributed by atoms with Crippen LogP contribution in [-0.4, -0.2) is 71.2 Å². The summed E-state index contributed by atoms with van der Waals surface area (Å²) in [6.07, 6.45) is -0.525. The molecule has 1 amide bonds. The number of β-amino-alcohol motifs (C(OH)–C–C–N with tert-alkyl or cyclic N) is 1. The summed E-state index contributed by atoms with van der Waals surface area (Å²) in [5.74, 6) is -1.55. The van der Waals surface area contributed by atoms with E-state index in [0.29, 0.717) is 13.0 Å². The van der Waals surface area contributed by atoms with E-state index in [9.17, 15) is 14.7 Å².